The van der Waals surface area contributed by atoms with Crippen molar-refractivity contribution in [2.24, 2.45) is 11.3 Å². The van der Waals surface area contributed by atoms with Gasteiger partial charge in [-0.2, -0.15) is 0 Å². The summed E-state index contributed by atoms with van der Waals surface area (Å²) in [5.74, 6) is 0.289. The highest BCUT2D eigenvalue weighted by Gasteiger charge is 2.35. The molecule has 0 aliphatic carbocycles. The van der Waals surface area contributed by atoms with Gasteiger partial charge < -0.3 is 10.1 Å². The summed E-state index contributed by atoms with van der Waals surface area (Å²) in [6, 6.07) is 13.8. The zero-order valence-electron chi connectivity index (χ0n) is 16.8. The van der Waals surface area contributed by atoms with Crippen LogP contribution >= 0.6 is 0 Å². The summed E-state index contributed by atoms with van der Waals surface area (Å²) in [7, 11) is 0. The van der Waals surface area contributed by atoms with E-state index in [1.54, 1.807) is 0 Å². The van der Waals surface area contributed by atoms with Crippen molar-refractivity contribution < 1.29 is 9.53 Å². The molecule has 1 fully saturated rings. The Balaban J connectivity index is 1.67. The van der Waals surface area contributed by atoms with Crippen LogP contribution < -0.4 is 5.32 Å². The van der Waals surface area contributed by atoms with E-state index >= 15 is 0 Å². The van der Waals surface area contributed by atoms with E-state index in [-0.39, 0.29) is 17.4 Å². The number of hydrogen-bond donors (Lipinski definition) is 1. The molecule has 1 saturated heterocycles. The van der Waals surface area contributed by atoms with Crippen molar-refractivity contribution in [1.29, 1.82) is 0 Å². The van der Waals surface area contributed by atoms with Crippen LogP contribution in [-0.2, 0) is 4.74 Å². The Hall–Kier alpha value is -2.20. The van der Waals surface area contributed by atoms with Crippen molar-refractivity contribution >= 4 is 5.91 Å². The molecule has 0 bridgehead atoms. The fraction of sp³-hybridized carbons (Fsp3) is 0.478. The average Bonchev–Trinajstić information content (AvgIpc) is 2.66. The van der Waals surface area contributed by atoms with E-state index in [1.165, 1.54) is 0 Å². The molecule has 0 saturated carbocycles. The molecule has 2 heterocycles. The molecule has 4 nitrogen and oxygen atoms in total. The zero-order chi connectivity index (χ0) is 19.4. The van der Waals surface area contributed by atoms with E-state index in [2.05, 4.69) is 31.1 Å². The van der Waals surface area contributed by atoms with Gasteiger partial charge in [0.15, 0.2) is 0 Å². The molecule has 4 heteroatoms. The van der Waals surface area contributed by atoms with E-state index in [0.29, 0.717) is 18.0 Å². The summed E-state index contributed by atoms with van der Waals surface area (Å²) < 4.78 is 6.02. The summed E-state index contributed by atoms with van der Waals surface area (Å²) in [6.07, 6.45) is 2.32. The Bertz CT molecular complexity index is 781. The predicted octanol–water partition coefficient (Wildman–Crippen LogP) is 4.63. The third-order valence-electron chi connectivity index (χ3n) is 5.22. The minimum atomic E-state index is -0.0576. The smallest absolute Gasteiger partial charge is 0.253 e. The molecule has 144 valence electrons. The first-order chi connectivity index (χ1) is 12.9. The van der Waals surface area contributed by atoms with Crippen LogP contribution in [0.3, 0.4) is 0 Å². The van der Waals surface area contributed by atoms with E-state index in [9.17, 15) is 4.79 Å². The Morgan fingerprint density at radius 2 is 1.93 bits per heavy atom. The maximum Gasteiger partial charge on any atom is 0.253 e. The summed E-state index contributed by atoms with van der Waals surface area (Å²) in [6.45, 7) is 9.95. The second-order valence-corrected chi connectivity index (χ2v) is 8.47. The molecule has 2 aromatic rings. The van der Waals surface area contributed by atoms with Crippen LogP contribution in [0.1, 0.15) is 49.7 Å². The first-order valence-corrected chi connectivity index (χ1v) is 9.79. The number of aromatic nitrogens is 1. The van der Waals surface area contributed by atoms with Gasteiger partial charge in [-0.3, -0.25) is 9.78 Å². The van der Waals surface area contributed by atoms with Crippen molar-refractivity contribution in [3.63, 3.8) is 0 Å². The lowest BCUT2D eigenvalue weighted by atomic mass is 9.78. The Morgan fingerprint density at radius 3 is 2.59 bits per heavy atom. The lowest BCUT2D eigenvalue weighted by Crippen LogP contribution is -2.45. The predicted molar refractivity (Wildman–Crippen MR) is 109 cm³/mol. The zero-order valence-corrected chi connectivity index (χ0v) is 16.8. The summed E-state index contributed by atoms with van der Waals surface area (Å²) >= 11 is 0. The van der Waals surface area contributed by atoms with Crippen LogP contribution in [-0.4, -0.2) is 30.1 Å². The van der Waals surface area contributed by atoms with Crippen LogP contribution in [0, 0.1) is 18.3 Å². The topological polar surface area (TPSA) is 51.2 Å². The van der Waals surface area contributed by atoms with Gasteiger partial charge in [0, 0.05) is 24.6 Å². The van der Waals surface area contributed by atoms with Gasteiger partial charge in [-0.25, -0.2) is 0 Å². The molecular weight excluding hydrogens is 336 g/mol. The highest BCUT2D eigenvalue weighted by molar-refractivity contribution is 5.95. The molecule has 27 heavy (non-hydrogen) atoms. The van der Waals surface area contributed by atoms with Crippen LogP contribution in [0.2, 0.25) is 0 Å². The molecule has 1 aliphatic heterocycles. The van der Waals surface area contributed by atoms with Crippen molar-refractivity contribution in [3.8, 4) is 11.3 Å². The molecule has 2 atom stereocenters. The number of amides is 1. The summed E-state index contributed by atoms with van der Waals surface area (Å²) in [4.78, 5) is 17.3. The Kier molecular flexibility index (Phi) is 5.95. The highest BCUT2D eigenvalue weighted by Crippen LogP contribution is 2.33. The van der Waals surface area contributed by atoms with Gasteiger partial charge in [0.2, 0.25) is 0 Å². The number of carbonyl (C=O) groups excluding carboxylic acids is 1. The molecule has 0 radical (unpaired) electrons. The number of nitrogens with one attached hydrogen (secondary N) is 1. The number of ether oxygens (including phenoxy) is 1. The lowest BCUT2D eigenvalue weighted by molar-refractivity contribution is -0.0839. The number of hydrogen-bond acceptors (Lipinski definition) is 3. The first-order valence-electron chi connectivity index (χ1n) is 9.79. The lowest BCUT2D eigenvalue weighted by Gasteiger charge is -2.40. The maximum atomic E-state index is 12.7. The van der Waals surface area contributed by atoms with Crippen molar-refractivity contribution in [2.45, 2.75) is 46.6 Å². The molecule has 1 aliphatic rings. The molecule has 1 aromatic carbocycles. The van der Waals surface area contributed by atoms with Crippen LogP contribution in [0.4, 0.5) is 0 Å². The fourth-order valence-corrected chi connectivity index (χ4v) is 3.90. The van der Waals surface area contributed by atoms with Gasteiger partial charge >= 0.3 is 0 Å². The van der Waals surface area contributed by atoms with Crippen LogP contribution in [0.15, 0.2) is 42.5 Å². The molecule has 1 amide bonds. The van der Waals surface area contributed by atoms with E-state index in [4.69, 9.17) is 4.74 Å². The van der Waals surface area contributed by atoms with Crippen molar-refractivity contribution in [2.75, 3.05) is 13.2 Å². The molecule has 0 spiro atoms. The molecule has 3 rings (SSSR count). The second-order valence-electron chi connectivity index (χ2n) is 8.47. The van der Waals surface area contributed by atoms with Crippen molar-refractivity contribution in [3.05, 3.63) is 53.7 Å². The van der Waals surface area contributed by atoms with E-state index in [1.807, 2.05) is 49.4 Å². The Morgan fingerprint density at radius 1 is 1.19 bits per heavy atom. The highest BCUT2D eigenvalue weighted by atomic mass is 16.5. The molecule has 0 unspecified atom stereocenters. The third kappa shape index (κ3) is 4.75. The SMILES string of the molecule is Cc1nc(-c2ccccc2)ccc1C(=O)NC[C@H]1CCCO[C@H]1C(C)(C)C. The largest absolute Gasteiger partial charge is 0.377 e. The van der Waals surface area contributed by atoms with Crippen LogP contribution in [0.5, 0.6) is 0 Å². The number of nitrogens with zero attached hydrogens (tertiary/aromatic N) is 1. The van der Waals surface area contributed by atoms with E-state index < -0.39 is 0 Å². The average molecular weight is 367 g/mol. The van der Waals surface area contributed by atoms with Gasteiger partial charge in [0.1, 0.15) is 0 Å². The number of carbonyl (C=O) groups is 1. The van der Waals surface area contributed by atoms with Crippen molar-refractivity contribution in [1.82, 2.24) is 10.3 Å². The molecule has 1 aromatic heterocycles. The van der Waals surface area contributed by atoms with Gasteiger partial charge in [-0.15, -0.1) is 0 Å². The van der Waals surface area contributed by atoms with Gasteiger partial charge in [-0.05, 0) is 37.3 Å². The molecule has 1 N–H and O–H groups in total. The number of pyridine rings is 1. The first kappa shape index (κ1) is 19.6. The third-order valence-corrected chi connectivity index (χ3v) is 5.22. The normalized spacial score (nSPS) is 20.3. The number of benzene rings is 1. The standard InChI is InChI=1S/C23H30N2O2/c1-16-19(12-13-20(25-16)17-9-6-5-7-10-17)22(26)24-15-18-11-8-14-27-21(18)23(2,3)4/h5-7,9-10,12-13,18,21H,8,11,14-15H2,1-4H3,(H,24,26)/t18-,21-/m1/s1. The minimum Gasteiger partial charge on any atom is -0.377 e. The number of aryl methyl sites for hydroxylation is 1. The monoisotopic (exact) mass is 366 g/mol. The van der Waals surface area contributed by atoms with Crippen LogP contribution in [0.25, 0.3) is 11.3 Å². The molecular formula is C23H30N2O2. The summed E-state index contributed by atoms with van der Waals surface area (Å²) in [5.41, 5.74) is 3.41. The summed E-state index contributed by atoms with van der Waals surface area (Å²) in [5, 5.41) is 3.11. The second kappa shape index (κ2) is 8.22. The Labute approximate surface area is 162 Å². The van der Waals surface area contributed by atoms with Gasteiger partial charge in [0.25, 0.3) is 5.91 Å². The number of rotatable bonds is 4. The van der Waals surface area contributed by atoms with Gasteiger partial charge in [-0.1, -0.05) is 51.1 Å². The quantitative estimate of drug-likeness (QED) is 0.858. The van der Waals surface area contributed by atoms with Gasteiger partial charge in [0.05, 0.1) is 23.1 Å². The fourth-order valence-electron chi connectivity index (χ4n) is 3.90. The van der Waals surface area contributed by atoms with E-state index in [0.717, 1.165) is 36.4 Å². The minimum absolute atomic E-state index is 0.0576. The maximum absolute atomic E-state index is 12.7.